The lowest BCUT2D eigenvalue weighted by molar-refractivity contribution is -0.137. The van der Waals surface area contributed by atoms with Gasteiger partial charge in [0.15, 0.2) is 0 Å². The molecule has 3 N–H and O–H groups in total. The van der Waals surface area contributed by atoms with E-state index in [-0.39, 0.29) is 12.3 Å². The molecule has 2 aromatic rings. The van der Waals surface area contributed by atoms with Crippen molar-refractivity contribution in [3.05, 3.63) is 36.0 Å². The minimum absolute atomic E-state index is 0.0265. The summed E-state index contributed by atoms with van der Waals surface area (Å²) >= 11 is 0. The smallest absolute Gasteiger partial charge is 0.303 e. The second kappa shape index (κ2) is 8.16. The van der Waals surface area contributed by atoms with Gasteiger partial charge in [-0.25, -0.2) is 0 Å². The molecule has 134 valence electrons. The maximum Gasteiger partial charge on any atom is 0.303 e. The zero-order valence-corrected chi connectivity index (χ0v) is 14.3. The van der Waals surface area contributed by atoms with Crippen molar-refractivity contribution in [1.82, 2.24) is 15.2 Å². The Morgan fingerprint density at radius 1 is 1.24 bits per heavy atom. The highest BCUT2D eigenvalue weighted by molar-refractivity contribution is 6.06. The van der Waals surface area contributed by atoms with Crippen LogP contribution in [0.3, 0.4) is 0 Å². The molecular formula is C19H25N3O3. The molecule has 2 heterocycles. The number of carboxylic acids is 1. The molecule has 0 unspecified atom stereocenters. The van der Waals surface area contributed by atoms with E-state index in [1.165, 1.54) is 0 Å². The van der Waals surface area contributed by atoms with Gasteiger partial charge in [-0.2, -0.15) is 0 Å². The van der Waals surface area contributed by atoms with Crippen molar-refractivity contribution in [2.75, 3.05) is 26.2 Å². The number of likely N-dealkylation sites (tertiary alicyclic amines) is 1. The van der Waals surface area contributed by atoms with Crippen LogP contribution in [0.15, 0.2) is 30.5 Å². The number of aromatic nitrogens is 1. The number of carboxylic acid groups (broad SMARTS) is 1. The van der Waals surface area contributed by atoms with Gasteiger partial charge in [-0.15, -0.1) is 0 Å². The van der Waals surface area contributed by atoms with Crippen molar-refractivity contribution in [3.63, 3.8) is 0 Å². The number of nitrogens with one attached hydrogen (secondary N) is 2. The number of rotatable bonds is 7. The Kier molecular flexibility index (Phi) is 5.71. The standard InChI is InChI=1S/C19H25N3O3/c23-18(24)6-3-9-22-10-7-14(8-11-22)12-21-19(25)16-13-20-17-5-2-1-4-15(16)17/h1-2,4-5,13-14,20H,3,6-12H2,(H,21,25)(H,23,24). The summed E-state index contributed by atoms with van der Waals surface area (Å²) in [5.41, 5.74) is 1.67. The van der Waals surface area contributed by atoms with Gasteiger partial charge in [0.05, 0.1) is 5.56 Å². The predicted molar refractivity (Wildman–Crippen MR) is 96.7 cm³/mol. The molecule has 0 atom stereocenters. The lowest BCUT2D eigenvalue weighted by atomic mass is 9.96. The minimum Gasteiger partial charge on any atom is -0.481 e. The van der Waals surface area contributed by atoms with Crippen molar-refractivity contribution >= 4 is 22.8 Å². The van der Waals surface area contributed by atoms with Crippen LogP contribution in [0.1, 0.15) is 36.0 Å². The van der Waals surface area contributed by atoms with Gasteiger partial charge < -0.3 is 20.3 Å². The average Bonchev–Trinajstić information content (AvgIpc) is 3.05. The molecular weight excluding hydrogens is 318 g/mol. The molecule has 1 aromatic heterocycles. The summed E-state index contributed by atoms with van der Waals surface area (Å²) in [4.78, 5) is 28.4. The highest BCUT2D eigenvalue weighted by atomic mass is 16.4. The Morgan fingerprint density at radius 2 is 2.00 bits per heavy atom. The van der Waals surface area contributed by atoms with Crippen LogP contribution in [0.5, 0.6) is 0 Å². The van der Waals surface area contributed by atoms with Crippen LogP contribution < -0.4 is 5.32 Å². The van der Waals surface area contributed by atoms with Gasteiger partial charge in [-0.3, -0.25) is 9.59 Å². The monoisotopic (exact) mass is 343 g/mol. The summed E-state index contributed by atoms with van der Waals surface area (Å²) in [5.74, 6) is -0.263. The van der Waals surface area contributed by atoms with Crippen molar-refractivity contribution < 1.29 is 14.7 Å². The van der Waals surface area contributed by atoms with Crippen molar-refractivity contribution in [2.24, 2.45) is 5.92 Å². The lowest BCUT2D eigenvalue weighted by Gasteiger charge is -2.31. The van der Waals surface area contributed by atoms with Gasteiger partial charge in [-0.1, -0.05) is 18.2 Å². The largest absolute Gasteiger partial charge is 0.481 e. The topological polar surface area (TPSA) is 85.4 Å². The number of H-pyrrole nitrogens is 1. The fourth-order valence-electron chi connectivity index (χ4n) is 3.46. The third-order valence-corrected chi connectivity index (χ3v) is 4.96. The van der Waals surface area contributed by atoms with E-state index < -0.39 is 5.97 Å². The molecule has 1 fully saturated rings. The van der Waals surface area contributed by atoms with Gasteiger partial charge in [0.2, 0.25) is 0 Å². The van der Waals surface area contributed by atoms with Gasteiger partial charge in [0.1, 0.15) is 0 Å². The first kappa shape index (κ1) is 17.5. The van der Waals surface area contributed by atoms with Crippen LogP contribution in [-0.2, 0) is 4.79 Å². The average molecular weight is 343 g/mol. The molecule has 0 bridgehead atoms. The van der Waals surface area contributed by atoms with E-state index in [0.717, 1.165) is 43.4 Å². The molecule has 6 heteroatoms. The first-order valence-corrected chi connectivity index (χ1v) is 8.92. The number of aliphatic carboxylic acids is 1. The highest BCUT2D eigenvalue weighted by Crippen LogP contribution is 2.19. The number of piperidine rings is 1. The number of benzene rings is 1. The third kappa shape index (κ3) is 4.60. The fraction of sp³-hybridized carbons (Fsp3) is 0.474. The van der Waals surface area contributed by atoms with Gasteiger partial charge in [-0.05, 0) is 50.9 Å². The van der Waals surface area contributed by atoms with Crippen molar-refractivity contribution in [3.8, 4) is 0 Å². The Balaban J connectivity index is 1.42. The number of amides is 1. The van der Waals surface area contributed by atoms with E-state index in [4.69, 9.17) is 5.11 Å². The van der Waals surface area contributed by atoms with Crippen molar-refractivity contribution in [2.45, 2.75) is 25.7 Å². The molecule has 25 heavy (non-hydrogen) atoms. The second-order valence-electron chi connectivity index (χ2n) is 6.74. The number of fused-ring (bicyclic) bond motifs is 1. The first-order valence-electron chi connectivity index (χ1n) is 8.92. The summed E-state index contributed by atoms with van der Waals surface area (Å²) in [6.07, 6.45) is 4.80. The molecule has 1 aromatic carbocycles. The molecule has 1 saturated heterocycles. The number of nitrogens with zero attached hydrogens (tertiary/aromatic N) is 1. The van der Waals surface area contributed by atoms with Crippen LogP contribution in [0.4, 0.5) is 0 Å². The Morgan fingerprint density at radius 3 is 2.76 bits per heavy atom. The lowest BCUT2D eigenvalue weighted by Crippen LogP contribution is -2.39. The summed E-state index contributed by atoms with van der Waals surface area (Å²) in [5, 5.41) is 12.7. The number of hydrogen-bond acceptors (Lipinski definition) is 3. The maximum atomic E-state index is 12.4. The molecule has 3 rings (SSSR count). The Labute approximate surface area is 147 Å². The normalized spacial score (nSPS) is 16.2. The zero-order chi connectivity index (χ0) is 17.6. The van der Waals surface area contributed by atoms with Gasteiger partial charge in [0.25, 0.3) is 5.91 Å². The van der Waals surface area contributed by atoms with Crippen LogP contribution >= 0.6 is 0 Å². The van der Waals surface area contributed by atoms with Crippen LogP contribution in [0, 0.1) is 5.92 Å². The van der Waals surface area contributed by atoms with Crippen LogP contribution in [0.2, 0.25) is 0 Å². The number of para-hydroxylation sites is 1. The predicted octanol–water partition coefficient (Wildman–Crippen LogP) is 2.47. The maximum absolute atomic E-state index is 12.4. The number of aromatic amines is 1. The van der Waals surface area contributed by atoms with Gasteiger partial charge in [0, 0.05) is 30.1 Å². The number of hydrogen-bond donors (Lipinski definition) is 3. The zero-order valence-electron chi connectivity index (χ0n) is 14.3. The summed E-state index contributed by atoms with van der Waals surface area (Å²) in [6.45, 7) is 3.50. The molecule has 6 nitrogen and oxygen atoms in total. The fourth-order valence-corrected chi connectivity index (χ4v) is 3.46. The quantitative estimate of drug-likeness (QED) is 0.721. The number of carbonyl (C=O) groups is 2. The van der Waals surface area contributed by atoms with E-state index in [9.17, 15) is 9.59 Å². The highest BCUT2D eigenvalue weighted by Gasteiger charge is 2.20. The summed E-state index contributed by atoms with van der Waals surface area (Å²) in [6, 6.07) is 7.81. The van der Waals surface area contributed by atoms with Crippen molar-refractivity contribution in [1.29, 1.82) is 0 Å². The summed E-state index contributed by atoms with van der Waals surface area (Å²) < 4.78 is 0. The van der Waals surface area contributed by atoms with E-state index in [1.807, 2.05) is 24.3 Å². The molecule has 1 aliphatic rings. The van der Waals surface area contributed by atoms with E-state index in [2.05, 4.69) is 15.2 Å². The molecule has 0 spiro atoms. The SMILES string of the molecule is O=C(O)CCCN1CCC(CNC(=O)c2c[nH]c3ccccc23)CC1. The van der Waals surface area contributed by atoms with Crippen LogP contribution in [0.25, 0.3) is 10.9 Å². The molecule has 1 amide bonds. The van der Waals surface area contributed by atoms with Crippen LogP contribution in [-0.4, -0.2) is 53.0 Å². The first-order chi connectivity index (χ1) is 12.1. The van der Waals surface area contributed by atoms with E-state index >= 15 is 0 Å². The van der Waals surface area contributed by atoms with E-state index in [0.29, 0.717) is 24.4 Å². The minimum atomic E-state index is -0.727. The second-order valence-corrected chi connectivity index (χ2v) is 6.74. The van der Waals surface area contributed by atoms with E-state index in [1.54, 1.807) is 6.20 Å². The third-order valence-electron chi connectivity index (χ3n) is 4.96. The molecule has 0 saturated carbocycles. The number of carbonyl (C=O) groups excluding carboxylic acids is 1. The molecule has 0 radical (unpaired) electrons. The molecule has 0 aliphatic carbocycles. The summed E-state index contributed by atoms with van der Waals surface area (Å²) in [7, 11) is 0. The molecule has 1 aliphatic heterocycles. The Bertz CT molecular complexity index is 732. The van der Waals surface area contributed by atoms with Gasteiger partial charge >= 0.3 is 5.97 Å². The Hall–Kier alpha value is -2.34.